The van der Waals surface area contributed by atoms with Crippen LogP contribution in [0.25, 0.3) is 5.69 Å². The molecule has 0 aliphatic carbocycles. The number of nitrogens with zero attached hydrogens (tertiary/aromatic N) is 3. The number of aromatic nitrogens is 3. The predicted molar refractivity (Wildman–Crippen MR) is 59.0 cm³/mol. The zero-order valence-electron chi connectivity index (χ0n) is 8.26. The topological polar surface area (TPSA) is 56.7 Å². The van der Waals surface area contributed by atoms with Crippen molar-refractivity contribution in [3.05, 3.63) is 41.4 Å². The van der Waals surface area contributed by atoms with Crippen molar-refractivity contribution in [3.8, 4) is 5.69 Å². The van der Waals surface area contributed by atoms with Crippen molar-refractivity contribution in [1.82, 2.24) is 14.8 Å². The summed E-state index contributed by atoms with van der Waals surface area (Å²) in [4.78, 5) is 3.87. The maximum atomic E-state index is 6.12. The highest BCUT2D eigenvalue weighted by molar-refractivity contribution is 6.32. The second-order valence-electron chi connectivity index (χ2n) is 3.34. The van der Waals surface area contributed by atoms with Crippen molar-refractivity contribution in [2.24, 2.45) is 5.73 Å². The molecule has 2 N–H and O–H groups in total. The van der Waals surface area contributed by atoms with Crippen LogP contribution in [0.2, 0.25) is 5.02 Å². The number of rotatable bonds is 2. The van der Waals surface area contributed by atoms with Gasteiger partial charge in [-0.25, -0.2) is 9.67 Å². The van der Waals surface area contributed by atoms with Crippen molar-refractivity contribution in [1.29, 1.82) is 0 Å². The molecule has 0 bridgehead atoms. The Hall–Kier alpha value is -1.39. The van der Waals surface area contributed by atoms with Gasteiger partial charge in [-0.05, 0) is 24.6 Å². The zero-order valence-corrected chi connectivity index (χ0v) is 9.02. The summed E-state index contributed by atoms with van der Waals surface area (Å²) in [5.41, 5.74) is 7.57. The number of benzene rings is 1. The first-order valence-electron chi connectivity index (χ1n) is 4.58. The molecule has 0 amide bonds. The molecule has 15 heavy (non-hydrogen) atoms. The highest BCUT2D eigenvalue weighted by Crippen LogP contribution is 2.23. The van der Waals surface area contributed by atoms with E-state index in [-0.39, 0.29) is 6.04 Å². The molecule has 5 heteroatoms. The predicted octanol–water partition coefficient (Wildman–Crippen LogP) is 1.94. The number of nitrogens with two attached hydrogens (primary N) is 1. The van der Waals surface area contributed by atoms with Gasteiger partial charge in [0.05, 0.1) is 10.7 Å². The molecule has 1 heterocycles. The first-order chi connectivity index (χ1) is 7.18. The molecule has 2 rings (SSSR count). The van der Waals surface area contributed by atoms with Gasteiger partial charge in [0, 0.05) is 6.04 Å². The van der Waals surface area contributed by atoms with Gasteiger partial charge in [0.25, 0.3) is 0 Å². The molecular formula is C10H11ClN4. The average molecular weight is 223 g/mol. The molecule has 0 saturated heterocycles. The van der Waals surface area contributed by atoms with Gasteiger partial charge >= 0.3 is 0 Å². The molecular weight excluding hydrogens is 212 g/mol. The molecule has 1 unspecified atom stereocenters. The van der Waals surface area contributed by atoms with E-state index in [0.717, 1.165) is 11.3 Å². The van der Waals surface area contributed by atoms with Crippen LogP contribution in [0.5, 0.6) is 0 Å². The molecule has 1 atom stereocenters. The Morgan fingerprint density at radius 3 is 2.80 bits per heavy atom. The molecule has 2 aromatic rings. The molecule has 0 spiro atoms. The van der Waals surface area contributed by atoms with E-state index in [1.54, 1.807) is 11.0 Å². The van der Waals surface area contributed by atoms with Gasteiger partial charge in [-0.2, -0.15) is 5.10 Å². The fraction of sp³-hybridized carbons (Fsp3) is 0.200. The minimum atomic E-state index is -0.0210. The van der Waals surface area contributed by atoms with Gasteiger partial charge in [-0.1, -0.05) is 17.7 Å². The van der Waals surface area contributed by atoms with Gasteiger partial charge in [0.1, 0.15) is 12.7 Å². The second-order valence-corrected chi connectivity index (χ2v) is 3.75. The van der Waals surface area contributed by atoms with E-state index in [1.165, 1.54) is 6.33 Å². The van der Waals surface area contributed by atoms with Crippen molar-refractivity contribution in [3.63, 3.8) is 0 Å². The summed E-state index contributed by atoms with van der Waals surface area (Å²) in [6, 6.07) is 5.65. The Morgan fingerprint density at radius 1 is 1.47 bits per heavy atom. The lowest BCUT2D eigenvalue weighted by molar-refractivity contribution is 0.814. The summed E-state index contributed by atoms with van der Waals surface area (Å²) in [7, 11) is 0. The quantitative estimate of drug-likeness (QED) is 0.845. The highest BCUT2D eigenvalue weighted by Gasteiger charge is 2.06. The first kappa shape index (κ1) is 10.1. The Balaban J connectivity index is 2.44. The normalized spacial score (nSPS) is 12.7. The van der Waals surface area contributed by atoms with Crippen LogP contribution in [0.3, 0.4) is 0 Å². The highest BCUT2D eigenvalue weighted by atomic mass is 35.5. The van der Waals surface area contributed by atoms with E-state index >= 15 is 0 Å². The van der Waals surface area contributed by atoms with E-state index < -0.39 is 0 Å². The van der Waals surface area contributed by atoms with E-state index in [4.69, 9.17) is 17.3 Å². The summed E-state index contributed by atoms with van der Waals surface area (Å²) in [6.45, 7) is 1.92. The van der Waals surface area contributed by atoms with Crippen molar-refractivity contribution in [2.75, 3.05) is 0 Å². The smallest absolute Gasteiger partial charge is 0.138 e. The molecule has 0 saturated carbocycles. The standard InChI is InChI=1S/C10H11ClN4/c1-7(12)8-2-3-10(9(11)4-8)15-6-13-5-14-15/h2-7H,12H2,1H3. The Morgan fingerprint density at radius 2 is 2.27 bits per heavy atom. The van der Waals surface area contributed by atoms with Crippen LogP contribution in [0.15, 0.2) is 30.9 Å². The van der Waals surface area contributed by atoms with E-state index in [9.17, 15) is 0 Å². The largest absolute Gasteiger partial charge is 0.324 e. The zero-order chi connectivity index (χ0) is 10.8. The molecule has 4 nitrogen and oxygen atoms in total. The van der Waals surface area contributed by atoms with E-state index in [1.807, 2.05) is 25.1 Å². The number of hydrogen-bond acceptors (Lipinski definition) is 3. The molecule has 1 aromatic carbocycles. The Bertz CT molecular complexity index is 450. The maximum Gasteiger partial charge on any atom is 0.138 e. The minimum Gasteiger partial charge on any atom is -0.324 e. The van der Waals surface area contributed by atoms with Gasteiger partial charge in [0.2, 0.25) is 0 Å². The van der Waals surface area contributed by atoms with Crippen molar-refractivity contribution in [2.45, 2.75) is 13.0 Å². The van der Waals surface area contributed by atoms with Crippen LogP contribution in [0, 0.1) is 0 Å². The summed E-state index contributed by atoms with van der Waals surface area (Å²) in [6.07, 6.45) is 3.07. The molecule has 0 aliphatic heterocycles. The van der Waals surface area contributed by atoms with Gasteiger partial charge < -0.3 is 5.73 Å². The lowest BCUT2D eigenvalue weighted by Crippen LogP contribution is -2.05. The first-order valence-corrected chi connectivity index (χ1v) is 4.96. The third-order valence-electron chi connectivity index (χ3n) is 2.16. The fourth-order valence-corrected chi connectivity index (χ4v) is 1.60. The summed E-state index contributed by atoms with van der Waals surface area (Å²) in [5, 5.41) is 4.63. The van der Waals surface area contributed by atoms with Crippen LogP contribution in [0.1, 0.15) is 18.5 Å². The van der Waals surface area contributed by atoms with Crippen LogP contribution in [-0.4, -0.2) is 14.8 Å². The summed E-state index contributed by atoms with van der Waals surface area (Å²) < 4.78 is 1.62. The van der Waals surface area contributed by atoms with E-state index in [0.29, 0.717) is 5.02 Å². The average Bonchev–Trinajstić information content (AvgIpc) is 2.70. The number of hydrogen-bond donors (Lipinski definition) is 1. The fourth-order valence-electron chi connectivity index (χ4n) is 1.32. The van der Waals surface area contributed by atoms with E-state index in [2.05, 4.69) is 10.1 Å². The second kappa shape index (κ2) is 4.00. The Kier molecular flexibility index (Phi) is 2.70. The van der Waals surface area contributed by atoms with Gasteiger partial charge in [0.15, 0.2) is 0 Å². The van der Waals surface area contributed by atoms with Gasteiger partial charge in [-0.15, -0.1) is 0 Å². The maximum absolute atomic E-state index is 6.12. The van der Waals surface area contributed by atoms with Crippen LogP contribution in [0.4, 0.5) is 0 Å². The minimum absolute atomic E-state index is 0.0210. The summed E-state index contributed by atoms with van der Waals surface area (Å²) in [5.74, 6) is 0. The monoisotopic (exact) mass is 222 g/mol. The van der Waals surface area contributed by atoms with Crippen LogP contribution >= 0.6 is 11.6 Å². The Labute approximate surface area is 92.7 Å². The SMILES string of the molecule is CC(N)c1ccc(-n2cncn2)c(Cl)c1. The van der Waals surface area contributed by atoms with Crippen LogP contribution in [-0.2, 0) is 0 Å². The third-order valence-corrected chi connectivity index (χ3v) is 2.47. The lowest BCUT2D eigenvalue weighted by Gasteiger charge is -2.08. The molecule has 0 fully saturated rings. The lowest BCUT2D eigenvalue weighted by atomic mass is 10.1. The van der Waals surface area contributed by atoms with Gasteiger partial charge in [-0.3, -0.25) is 0 Å². The number of halogens is 1. The molecule has 0 radical (unpaired) electrons. The van der Waals surface area contributed by atoms with Crippen LogP contribution < -0.4 is 5.73 Å². The molecule has 78 valence electrons. The third kappa shape index (κ3) is 2.00. The van der Waals surface area contributed by atoms with Crippen molar-refractivity contribution < 1.29 is 0 Å². The molecule has 1 aromatic heterocycles. The summed E-state index contributed by atoms with van der Waals surface area (Å²) >= 11 is 6.12. The molecule has 0 aliphatic rings. The van der Waals surface area contributed by atoms with Crippen molar-refractivity contribution >= 4 is 11.6 Å².